The molecule has 4 rings (SSSR count). The van der Waals surface area contributed by atoms with Crippen molar-refractivity contribution < 1.29 is 9.59 Å². The Hall–Kier alpha value is -2.88. The third kappa shape index (κ3) is 3.03. The number of carbonyl (C=O) groups excluding carboxylic acids is 2. The Balaban J connectivity index is 1.64. The minimum atomic E-state index is -0.161. The predicted octanol–water partition coefficient (Wildman–Crippen LogP) is 4.75. The molecule has 26 heavy (non-hydrogen) atoms. The maximum Gasteiger partial charge on any atom is 0.255 e. The Morgan fingerprint density at radius 3 is 2.77 bits per heavy atom. The highest BCUT2D eigenvalue weighted by atomic mass is 16.1. The van der Waals surface area contributed by atoms with Gasteiger partial charge in [0, 0.05) is 33.4 Å². The van der Waals surface area contributed by atoms with Crippen LogP contribution in [0.3, 0.4) is 0 Å². The van der Waals surface area contributed by atoms with Crippen LogP contribution in [0.4, 0.5) is 5.69 Å². The minimum absolute atomic E-state index is 0.0180. The van der Waals surface area contributed by atoms with Gasteiger partial charge in [-0.25, -0.2) is 0 Å². The van der Waals surface area contributed by atoms with Crippen molar-refractivity contribution in [1.82, 2.24) is 4.98 Å². The van der Waals surface area contributed by atoms with E-state index in [1.165, 1.54) is 24.6 Å². The van der Waals surface area contributed by atoms with Crippen LogP contribution in [0.1, 0.15) is 52.2 Å². The normalized spacial score (nSPS) is 16.3. The van der Waals surface area contributed by atoms with Crippen molar-refractivity contribution in [3.05, 3.63) is 64.8 Å². The number of rotatable bonds is 3. The second-order valence-electron chi connectivity index (χ2n) is 7.28. The van der Waals surface area contributed by atoms with Crippen LogP contribution < -0.4 is 5.32 Å². The number of hydrogen-bond donors (Lipinski definition) is 2. The predicted molar refractivity (Wildman–Crippen MR) is 104 cm³/mol. The molecule has 1 atom stereocenters. The number of aryl methyl sites for hydroxylation is 1. The van der Waals surface area contributed by atoms with Crippen LogP contribution in [-0.2, 0) is 12.8 Å². The average molecular weight is 346 g/mol. The molecule has 0 saturated carbocycles. The summed E-state index contributed by atoms with van der Waals surface area (Å²) in [5.41, 5.74) is 5.61. The van der Waals surface area contributed by atoms with E-state index in [1.807, 2.05) is 18.2 Å². The summed E-state index contributed by atoms with van der Waals surface area (Å²) in [5, 5.41) is 4.05. The largest absolute Gasteiger partial charge is 0.358 e. The monoisotopic (exact) mass is 346 g/mol. The molecule has 1 aromatic heterocycles. The number of hydrogen-bond acceptors (Lipinski definition) is 2. The first-order chi connectivity index (χ1) is 12.5. The second-order valence-corrected chi connectivity index (χ2v) is 7.28. The SMILES string of the molecule is CC(=O)c1cccc(NC(=O)c2ccc3[nH]c4c(c3c2)C[C@@H](C)CC4)c1. The zero-order valence-corrected chi connectivity index (χ0v) is 15.1. The topological polar surface area (TPSA) is 62.0 Å². The van der Waals surface area contributed by atoms with E-state index in [0.29, 0.717) is 22.7 Å². The molecule has 1 heterocycles. The summed E-state index contributed by atoms with van der Waals surface area (Å²) in [6.45, 7) is 3.80. The Labute approximate surface area is 152 Å². The first kappa shape index (κ1) is 16.6. The van der Waals surface area contributed by atoms with E-state index in [4.69, 9.17) is 0 Å². The van der Waals surface area contributed by atoms with Crippen LogP contribution in [0.15, 0.2) is 42.5 Å². The highest BCUT2D eigenvalue weighted by molar-refractivity contribution is 6.07. The number of fused-ring (bicyclic) bond motifs is 3. The molecule has 0 unspecified atom stereocenters. The molecule has 132 valence electrons. The molecule has 4 heteroatoms. The smallest absolute Gasteiger partial charge is 0.255 e. The van der Waals surface area contributed by atoms with Gasteiger partial charge in [0.1, 0.15) is 0 Å². The fourth-order valence-electron chi connectivity index (χ4n) is 3.75. The molecule has 2 N–H and O–H groups in total. The number of H-pyrrole nitrogens is 1. The Bertz CT molecular complexity index is 1020. The van der Waals surface area contributed by atoms with Gasteiger partial charge < -0.3 is 10.3 Å². The molecule has 2 aromatic carbocycles. The number of aromatic amines is 1. The van der Waals surface area contributed by atoms with E-state index in [1.54, 1.807) is 24.3 Å². The summed E-state index contributed by atoms with van der Waals surface area (Å²) in [6.07, 6.45) is 3.34. The van der Waals surface area contributed by atoms with Gasteiger partial charge in [-0.05, 0) is 68.0 Å². The van der Waals surface area contributed by atoms with Crippen molar-refractivity contribution in [1.29, 1.82) is 0 Å². The molecular weight excluding hydrogens is 324 g/mol. The van der Waals surface area contributed by atoms with Crippen molar-refractivity contribution >= 4 is 28.3 Å². The minimum Gasteiger partial charge on any atom is -0.358 e. The van der Waals surface area contributed by atoms with Crippen LogP contribution >= 0.6 is 0 Å². The molecule has 1 aliphatic carbocycles. The average Bonchev–Trinajstić information content (AvgIpc) is 2.99. The van der Waals surface area contributed by atoms with Gasteiger partial charge in [0.05, 0.1) is 0 Å². The van der Waals surface area contributed by atoms with Crippen LogP contribution in [0.2, 0.25) is 0 Å². The molecule has 1 amide bonds. The van der Waals surface area contributed by atoms with Gasteiger partial charge in [0.15, 0.2) is 5.78 Å². The molecule has 0 fully saturated rings. The fourth-order valence-corrected chi connectivity index (χ4v) is 3.75. The van der Waals surface area contributed by atoms with Gasteiger partial charge in [-0.15, -0.1) is 0 Å². The van der Waals surface area contributed by atoms with Gasteiger partial charge in [-0.1, -0.05) is 19.1 Å². The van der Waals surface area contributed by atoms with Crippen molar-refractivity contribution in [2.24, 2.45) is 5.92 Å². The summed E-state index contributed by atoms with van der Waals surface area (Å²) in [4.78, 5) is 27.7. The van der Waals surface area contributed by atoms with Gasteiger partial charge in [0.25, 0.3) is 5.91 Å². The summed E-state index contributed by atoms with van der Waals surface area (Å²) >= 11 is 0. The summed E-state index contributed by atoms with van der Waals surface area (Å²) in [5.74, 6) is 0.496. The van der Waals surface area contributed by atoms with E-state index < -0.39 is 0 Å². The van der Waals surface area contributed by atoms with E-state index >= 15 is 0 Å². The molecule has 0 spiro atoms. The standard InChI is InChI=1S/C22H22N2O2/c1-13-6-8-20-18(10-13)19-12-16(7-9-21(19)24-20)22(26)23-17-5-3-4-15(11-17)14(2)25/h3-5,7,9,11-13,24H,6,8,10H2,1-2H3,(H,23,26)/t13-/m0/s1. The zero-order chi connectivity index (χ0) is 18.3. The lowest BCUT2D eigenvalue weighted by atomic mass is 9.87. The van der Waals surface area contributed by atoms with E-state index in [9.17, 15) is 9.59 Å². The highest BCUT2D eigenvalue weighted by Gasteiger charge is 2.20. The molecular formula is C22H22N2O2. The molecule has 0 aliphatic heterocycles. The van der Waals surface area contributed by atoms with Gasteiger partial charge in [-0.3, -0.25) is 9.59 Å². The number of amides is 1. The van der Waals surface area contributed by atoms with Gasteiger partial charge in [0.2, 0.25) is 0 Å². The summed E-state index contributed by atoms with van der Waals surface area (Å²) in [7, 11) is 0. The Morgan fingerprint density at radius 2 is 1.96 bits per heavy atom. The molecule has 0 radical (unpaired) electrons. The number of ketones is 1. The maximum absolute atomic E-state index is 12.7. The molecule has 0 saturated heterocycles. The van der Waals surface area contributed by atoms with Crippen molar-refractivity contribution in [2.45, 2.75) is 33.1 Å². The number of benzene rings is 2. The first-order valence-corrected chi connectivity index (χ1v) is 9.07. The van der Waals surface area contributed by atoms with Crippen molar-refractivity contribution in [3.63, 3.8) is 0 Å². The van der Waals surface area contributed by atoms with E-state index in [0.717, 1.165) is 23.7 Å². The third-order valence-electron chi connectivity index (χ3n) is 5.22. The van der Waals surface area contributed by atoms with E-state index in [2.05, 4.69) is 17.2 Å². The van der Waals surface area contributed by atoms with Crippen LogP contribution in [-0.4, -0.2) is 16.7 Å². The van der Waals surface area contributed by atoms with Crippen molar-refractivity contribution in [2.75, 3.05) is 5.32 Å². The highest BCUT2D eigenvalue weighted by Crippen LogP contribution is 2.32. The Kier molecular flexibility index (Phi) is 4.11. The van der Waals surface area contributed by atoms with E-state index in [-0.39, 0.29) is 11.7 Å². The second kappa shape index (κ2) is 6.45. The number of aromatic nitrogens is 1. The van der Waals surface area contributed by atoms with Gasteiger partial charge >= 0.3 is 0 Å². The number of carbonyl (C=O) groups is 2. The lowest BCUT2D eigenvalue weighted by Gasteiger charge is -2.18. The first-order valence-electron chi connectivity index (χ1n) is 9.07. The molecule has 3 aromatic rings. The Morgan fingerprint density at radius 1 is 1.12 bits per heavy atom. The van der Waals surface area contributed by atoms with Crippen LogP contribution in [0, 0.1) is 5.92 Å². The summed E-state index contributed by atoms with van der Waals surface area (Å²) < 4.78 is 0. The lowest BCUT2D eigenvalue weighted by Crippen LogP contribution is -2.12. The third-order valence-corrected chi connectivity index (χ3v) is 5.22. The maximum atomic E-state index is 12.7. The van der Waals surface area contributed by atoms with Crippen LogP contribution in [0.5, 0.6) is 0 Å². The summed E-state index contributed by atoms with van der Waals surface area (Å²) in [6, 6.07) is 12.8. The zero-order valence-electron chi connectivity index (χ0n) is 15.1. The van der Waals surface area contributed by atoms with Gasteiger partial charge in [-0.2, -0.15) is 0 Å². The number of Topliss-reactive ketones (excluding diaryl/α,β-unsaturated/α-hetero) is 1. The van der Waals surface area contributed by atoms with Crippen molar-refractivity contribution in [3.8, 4) is 0 Å². The molecule has 0 bridgehead atoms. The molecule has 1 aliphatic rings. The molecule has 4 nitrogen and oxygen atoms in total. The van der Waals surface area contributed by atoms with Crippen LogP contribution in [0.25, 0.3) is 10.9 Å². The quantitative estimate of drug-likeness (QED) is 0.672. The lowest BCUT2D eigenvalue weighted by molar-refractivity contribution is 0.101. The number of anilines is 1. The number of nitrogens with one attached hydrogen (secondary N) is 2. The fraction of sp³-hybridized carbons (Fsp3) is 0.273.